The van der Waals surface area contributed by atoms with Crippen LogP contribution in [0.2, 0.25) is 0 Å². The summed E-state index contributed by atoms with van der Waals surface area (Å²) >= 11 is 3.49. The van der Waals surface area contributed by atoms with Crippen molar-refractivity contribution in [1.29, 1.82) is 0 Å². The van der Waals surface area contributed by atoms with Gasteiger partial charge in [-0.05, 0) is 57.1 Å². The first-order valence-electron chi connectivity index (χ1n) is 8.52. The van der Waals surface area contributed by atoms with Crippen molar-refractivity contribution >= 4 is 15.9 Å². The van der Waals surface area contributed by atoms with Gasteiger partial charge in [-0.15, -0.1) is 0 Å². The Bertz CT molecular complexity index is 490. The van der Waals surface area contributed by atoms with E-state index in [-0.39, 0.29) is 12.8 Å². The molecule has 0 bridgehead atoms. The summed E-state index contributed by atoms with van der Waals surface area (Å²) in [4.78, 5) is 4.91. The minimum absolute atomic E-state index is 0.254. The van der Waals surface area contributed by atoms with Gasteiger partial charge in [0.25, 0.3) is 0 Å². The average molecular weight is 385 g/mol. The lowest BCUT2D eigenvalue weighted by Gasteiger charge is -2.46. The SMILES string of the molecule is CN1CCC(N2CC(CF)OCC2Cc2ccc(Br)cc2)CC1. The van der Waals surface area contributed by atoms with E-state index in [1.165, 1.54) is 18.4 Å². The molecule has 2 aliphatic rings. The van der Waals surface area contributed by atoms with E-state index in [0.717, 1.165) is 30.5 Å². The second kappa shape index (κ2) is 8.06. The zero-order valence-electron chi connectivity index (χ0n) is 13.8. The number of morpholine rings is 1. The van der Waals surface area contributed by atoms with Crippen LogP contribution in [0.5, 0.6) is 0 Å². The summed E-state index contributed by atoms with van der Waals surface area (Å²) in [6.07, 6.45) is 3.06. The normalized spacial score (nSPS) is 28.1. The highest BCUT2D eigenvalue weighted by Crippen LogP contribution is 2.25. The summed E-state index contributed by atoms with van der Waals surface area (Å²) in [5.41, 5.74) is 1.32. The topological polar surface area (TPSA) is 15.7 Å². The van der Waals surface area contributed by atoms with Gasteiger partial charge < -0.3 is 9.64 Å². The van der Waals surface area contributed by atoms with Crippen molar-refractivity contribution in [2.75, 3.05) is 40.0 Å². The molecule has 0 saturated carbocycles. The Balaban J connectivity index is 1.69. The summed E-state index contributed by atoms with van der Waals surface area (Å²) in [5, 5.41) is 0. The van der Waals surface area contributed by atoms with Crippen LogP contribution in [0.3, 0.4) is 0 Å². The fourth-order valence-electron chi connectivity index (χ4n) is 3.72. The molecule has 3 nitrogen and oxygen atoms in total. The summed E-state index contributed by atoms with van der Waals surface area (Å²) in [5.74, 6) is 0. The van der Waals surface area contributed by atoms with E-state index >= 15 is 0 Å². The van der Waals surface area contributed by atoms with Crippen LogP contribution in [0.15, 0.2) is 28.7 Å². The molecular formula is C18H26BrFN2O. The minimum Gasteiger partial charge on any atom is -0.373 e. The van der Waals surface area contributed by atoms with Gasteiger partial charge >= 0.3 is 0 Å². The van der Waals surface area contributed by atoms with E-state index in [9.17, 15) is 4.39 Å². The van der Waals surface area contributed by atoms with Crippen LogP contribution >= 0.6 is 15.9 Å². The average Bonchev–Trinajstić information content (AvgIpc) is 2.58. The Morgan fingerprint density at radius 2 is 1.91 bits per heavy atom. The number of benzene rings is 1. The van der Waals surface area contributed by atoms with Crippen molar-refractivity contribution in [2.24, 2.45) is 0 Å². The van der Waals surface area contributed by atoms with E-state index < -0.39 is 0 Å². The smallest absolute Gasteiger partial charge is 0.117 e. The Morgan fingerprint density at radius 1 is 1.22 bits per heavy atom. The molecule has 128 valence electrons. The molecule has 23 heavy (non-hydrogen) atoms. The van der Waals surface area contributed by atoms with E-state index in [1.807, 2.05) is 0 Å². The van der Waals surface area contributed by atoms with E-state index in [4.69, 9.17) is 4.74 Å². The van der Waals surface area contributed by atoms with Gasteiger partial charge in [0.15, 0.2) is 0 Å². The van der Waals surface area contributed by atoms with Crippen molar-refractivity contribution in [2.45, 2.75) is 37.5 Å². The highest BCUT2D eigenvalue weighted by Gasteiger charge is 2.34. The number of nitrogens with zero attached hydrogens (tertiary/aromatic N) is 2. The molecule has 2 unspecified atom stereocenters. The molecule has 2 saturated heterocycles. The van der Waals surface area contributed by atoms with Crippen LogP contribution in [0.1, 0.15) is 18.4 Å². The molecule has 2 atom stereocenters. The van der Waals surface area contributed by atoms with Gasteiger partial charge in [0.2, 0.25) is 0 Å². The van der Waals surface area contributed by atoms with Gasteiger partial charge in [-0.25, -0.2) is 4.39 Å². The highest BCUT2D eigenvalue weighted by molar-refractivity contribution is 9.10. The number of piperidine rings is 1. The lowest BCUT2D eigenvalue weighted by Crippen LogP contribution is -2.57. The van der Waals surface area contributed by atoms with Gasteiger partial charge in [0, 0.05) is 23.1 Å². The molecule has 0 spiro atoms. The van der Waals surface area contributed by atoms with Crippen LogP contribution in [-0.4, -0.2) is 68.0 Å². The number of halogens is 2. The number of hydrogen-bond donors (Lipinski definition) is 0. The van der Waals surface area contributed by atoms with E-state index in [1.54, 1.807) is 0 Å². The predicted octanol–water partition coefficient (Wildman–Crippen LogP) is 3.12. The third-order valence-corrected chi connectivity index (χ3v) is 5.65. The molecule has 0 aliphatic carbocycles. The summed E-state index contributed by atoms with van der Waals surface area (Å²) in [7, 11) is 2.18. The summed E-state index contributed by atoms with van der Waals surface area (Å²) < 4.78 is 20.0. The van der Waals surface area contributed by atoms with Crippen molar-refractivity contribution in [1.82, 2.24) is 9.80 Å². The second-order valence-electron chi connectivity index (χ2n) is 6.83. The Morgan fingerprint density at radius 3 is 2.57 bits per heavy atom. The van der Waals surface area contributed by atoms with Crippen LogP contribution in [-0.2, 0) is 11.2 Å². The van der Waals surface area contributed by atoms with E-state index in [2.05, 4.69) is 57.0 Å². The second-order valence-corrected chi connectivity index (χ2v) is 7.74. The van der Waals surface area contributed by atoms with Gasteiger partial charge in [0.05, 0.1) is 12.7 Å². The first-order chi connectivity index (χ1) is 11.2. The first-order valence-corrected chi connectivity index (χ1v) is 9.31. The van der Waals surface area contributed by atoms with Crippen molar-refractivity contribution < 1.29 is 9.13 Å². The predicted molar refractivity (Wildman–Crippen MR) is 94.6 cm³/mol. The molecular weight excluding hydrogens is 359 g/mol. The van der Waals surface area contributed by atoms with Gasteiger partial charge in [0.1, 0.15) is 6.67 Å². The van der Waals surface area contributed by atoms with Crippen LogP contribution < -0.4 is 0 Å². The van der Waals surface area contributed by atoms with Crippen LogP contribution in [0, 0.1) is 0 Å². The largest absolute Gasteiger partial charge is 0.373 e. The Kier molecular flexibility index (Phi) is 6.07. The highest BCUT2D eigenvalue weighted by atomic mass is 79.9. The molecule has 0 N–H and O–H groups in total. The number of ether oxygens (including phenoxy) is 1. The lowest BCUT2D eigenvalue weighted by molar-refractivity contribution is -0.0921. The number of hydrogen-bond acceptors (Lipinski definition) is 3. The fraction of sp³-hybridized carbons (Fsp3) is 0.667. The van der Waals surface area contributed by atoms with Crippen LogP contribution in [0.4, 0.5) is 4.39 Å². The quantitative estimate of drug-likeness (QED) is 0.792. The molecule has 2 heterocycles. The summed E-state index contributed by atoms with van der Waals surface area (Å²) in [6, 6.07) is 9.42. The van der Waals surface area contributed by atoms with Crippen molar-refractivity contribution in [3.05, 3.63) is 34.3 Å². The zero-order valence-corrected chi connectivity index (χ0v) is 15.3. The van der Waals surface area contributed by atoms with Crippen molar-refractivity contribution in [3.8, 4) is 0 Å². The maximum absolute atomic E-state index is 13.1. The molecule has 0 radical (unpaired) electrons. The fourth-order valence-corrected chi connectivity index (χ4v) is 3.98. The maximum Gasteiger partial charge on any atom is 0.117 e. The molecule has 2 aliphatic heterocycles. The third-order valence-electron chi connectivity index (χ3n) is 5.12. The number of likely N-dealkylation sites (tertiary alicyclic amines) is 1. The molecule has 5 heteroatoms. The Labute approximate surface area is 146 Å². The number of alkyl halides is 1. The van der Waals surface area contributed by atoms with Gasteiger partial charge in [-0.2, -0.15) is 0 Å². The first kappa shape index (κ1) is 17.3. The van der Waals surface area contributed by atoms with Gasteiger partial charge in [-0.3, -0.25) is 4.90 Å². The third kappa shape index (κ3) is 4.53. The molecule has 0 aromatic heterocycles. The molecule has 0 amide bonds. The van der Waals surface area contributed by atoms with Crippen LogP contribution in [0.25, 0.3) is 0 Å². The van der Waals surface area contributed by atoms with Crippen molar-refractivity contribution in [3.63, 3.8) is 0 Å². The molecule has 1 aromatic rings. The van der Waals surface area contributed by atoms with E-state index in [0.29, 0.717) is 18.7 Å². The van der Waals surface area contributed by atoms with Gasteiger partial charge in [-0.1, -0.05) is 28.1 Å². The standard InChI is InChI=1S/C18H26BrFN2O/c1-21-8-6-16(7-9-21)22-12-18(11-20)23-13-17(22)10-14-2-4-15(19)5-3-14/h2-5,16-18H,6-13H2,1H3. The lowest BCUT2D eigenvalue weighted by atomic mass is 9.96. The molecule has 3 rings (SSSR count). The maximum atomic E-state index is 13.1. The Hall–Kier alpha value is -0.490. The molecule has 2 fully saturated rings. The minimum atomic E-state index is -0.381. The summed E-state index contributed by atoms with van der Waals surface area (Å²) in [6.45, 7) is 3.25. The molecule has 1 aromatic carbocycles. The number of rotatable bonds is 4. The monoisotopic (exact) mass is 384 g/mol. The zero-order chi connectivity index (χ0) is 16.2.